The highest BCUT2D eigenvalue weighted by molar-refractivity contribution is 5.97. The number of rotatable bonds is 2. The van der Waals surface area contributed by atoms with Crippen molar-refractivity contribution in [2.45, 2.75) is 25.6 Å². The molecule has 7 heteroatoms. The molecule has 1 aliphatic rings. The molecule has 0 saturated carbocycles. The maximum absolute atomic E-state index is 12.3. The first-order valence-corrected chi connectivity index (χ1v) is 5.32. The van der Waals surface area contributed by atoms with Crippen LogP contribution in [-0.2, 0) is 4.79 Å². The molecule has 1 rings (SSSR count). The third-order valence-corrected chi connectivity index (χ3v) is 2.44. The van der Waals surface area contributed by atoms with Crippen LogP contribution in [0.4, 0.5) is 13.2 Å². The topological polar surface area (TPSA) is 73.1 Å². The smallest absolute Gasteiger partial charge is 0.416 e. The highest BCUT2D eigenvalue weighted by Crippen LogP contribution is 2.29. The molecular formula is C12H11F3N2O2. The van der Waals surface area contributed by atoms with Gasteiger partial charge in [-0.25, -0.2) is 0 Å². The summed E-state index contributed by atoms with van der Waals surface area (Å²) in [6.07, 6.45) is -1.41. The van der Waals surface area contributed by atoms with E-state index in [0.717, 1.165) is 12.2 Å². The lowest BCUT2D eigenvalue weighted by atomic mass is 10.0. The molecule has 1 aliphatic carbocycles. The highest BCUT2D eigenvalue weighted by atomic mass is 19.4. The Kier molecular flexibility index (Phi) is 4.38. The van der Waals surface area contributed by atoms with Crippen LogP contribution < -0.4 is 5.32 Å². The number of halogens is 3. The quantitative estimate of drug-likeness (QED) is 0.460. The number of nitrogens with one attached hydrogen (secondary N) is 1. The number of amides is 1. The van der Waals surface area contributed by atoms with Crippen LogP contribution in [0.3, 0.4) is 0 Å². The van der Waals surface area contributed by atoms with Gasteiger partial charge in [0.2, 0.25) is 0 Å². The summed E-state index contributed by atoms with van der Waals surface area (Å²) in [6, 6.07) is 0.884. The maximum atomic E-state index is 12.3. The summed E-state index contributed by atoms with van der Waals surface area (Å²) < 4.78 is 37.0. The average Bonchev–Trinajstić information content (AvgIpc) is 2.28. The van der Waals surface area contributed by atoms with Gasteiger partial charge < -0.3 is 10.4 Å². The molecule has 0 aliphatic heterocycles. The summed E-state index contributed by atoms with van der Waals surface area (Å²) in [7, 11) is 0. The Labute approximate surface area is 107 Å². The number of allylic oxidation sites excluding steroid dienone is 3. The Balaban J connectivity index is 2.69. The number of aliphatic hydroxyl groups is 1. The van der Waals surface area contributed by atoms with Crippen LogP contribution in [0.1, 0.15) is 13.3 Å². The van der Waals surface area contributed by atoms with Crippen molar-refractivity contribution < 1.29 is 23.1 Å². The number of nitriles is 1. The van der Waals surface area contributed by atoms with E-state index in [4.69, 9.17) is 10.4 Å². The van der Waals surface area contributed by atoms with E-state index in [9.17, 15) is 18.0 Å². The van der Waals surface area contributed by atoms with E-state index in [1.807, 2.05) is 0 Å². The monoisotopic (exact) mass is 272 g/mol. The molecular weight excluding hydrogens is 261 g/mol. The fraction of sp³-hybridized carbons (Fsp3) is 0.333. The molecule has 0 aromatic rings. The molecule has 0 heterocycles. The molecule has 102 valence electrons. The number of carbonyl (C=O) groups excluding carboxylic acids is 1. The molecule has 0 spiro atoms. The van der Waals surface area contributed by atoms with E-state index in [0.29, 0.717) is 0 Å². The SMILES string of the molecule is C/C(O)=C(\C#N)C(=O)NC1C=CC(C(F)(F)F)=CC1. The van der Waals surface area contributed by atoms with Gasteiger partial charge in [-0.2, -0.15) is 18.4 Å². The summed E-state index contributed by atoms with van der Waals surface area (Å²) in [5.41, 5.74) is -1.23. The first-order valence-electron chi connectivity index (χ1n) is 5.32. The van der Waals surface area contributed by atoms with Crippen LogP contribution in [0, 0.1) is 11.3 Å². The lowest BCUT2D eigenvalue weighted by Gasteiger charge is -2.18. The minimum atomic E-state index is -4.41. The minimum Gasteiger partial charge on any atom is -0.511 e. The molecule has 0 saturated heterocycles. The van der Waals surface area contributed by atoms with E-state index < -0.39 is 35.0 Å². The predicted octanol–water partition coefficient (Wildman–Crippen LogP) is 2.28. The standard InChI is InChI=1S/C12H11F3N2O2/c1-7(18)10(6-16)11(19)17-9-4-2-8(3-5-9)12(13,14)15/h2-4,9,18H,5H2,1H3,(H,17,19)/b10-7-. The number of carbonyl (C=O) groups is 1. The Bertz CT molecular complexity index is 506. The minimum absolute atomic E-state index is 0.0275. The second-order valence-electron chi connectivity index (χ2n) is 3.90. The summed E-state index contributed by atoms with van der Waals surface area (Å²) in [5, 5.41) is 20.1. The Morgan fingerprint density at radius 3 is 2.58 bits per heavy atom. The fourth-order valence-corrected chi connectivity index (χ4v) is 1.47. The number of hydrogen-bond acceptors (Lipinski definition) is 3. The van der Waals surface area contributed by atoms with Gasteiger partial charge in [-0.1, -0.05) is 18.2 Å². The van der Waals surface area contributed by atoms with Crippen LogP contribution in [0.5, 0.6) is 0 Å². The highest BCUT2D eigenvalue weighted by Gasteiger charge is 2.33. The van der Waals surface area contributed by atoms with Gasteiger partial charge in [0, 0.05) is 0 Å². The van der Waals surface area contributed by atoms with Gasteiger partial charge in [-0.15, -0.1) is 0 Å². The van der Waals surface area contributed by atoms with Crippen LogP contribution in [0.2, 0.25) is 0 Å². The zero-order valence-electron chi connectivity index (χ0n) is 9.95. The molecule has 0 fully saturated rings. The van der Waals surface area contributed by atoms with Gasteiger partial charge in [0.05, 0.1) is 11.6 Å². The van der Waals surface area contributed by atoms with Crippen molar-refractivity contribution in [3.63, 3.8) is 0 Å². The van der Waals surface area contributed by atoms with Crippen molar-refractivity contribution in [1.82, 2.24) is 5.32 Å². The van der Waals surface area contributed by atoms with E-state index in [2.05, 4.69) is 5.32 Å². The zero-order chi connectivity index (χ0) is 14.6. The van der Waals surface area contributed by atoms with E-state index in [-0.39, 0.29) is 6.42 Å². The summed E-state index contributed by atoms with van der Waals surface area (Å²) in [6.45, 7) is 1.18. The molecule has 0 bridgehead atoms. The Hall–Kier alpha value is -2.23. The largest absolute Gasteiger partial charge is 0.511 e. The van der Waals surface area contributed by atoms with Crippen LogP contribution >= 0.6 is 0 Å². The van der Waals surface area contributed by atoms with Crippen LogP contribution in [0.15, 0.2) is 35.1 Å². The van der Waals surface area contributed by atoms with Crippen LogP contribution in [-0.4, -0.2) is 23.2 Å². The zero-order valence-corrected chi connectivity index (χ0v) is 9.95. The number of nitrogens with zero attached hydrogens (tertiary/aromatic N) is 1. The summed E-state index contributed by atoms with van der Waals surface area (Å²) >= 11 is 0. The molecule has 2 N–H and O–H groups in total. The predicted molar refractivity (Wildman–Crippen MR) is 60.8 cm³/mol. The van der Waals surface area contributed by atoms with Gasteiger partial charge >= 0.3 is 6.18 Å². The van der Waals surface area contributed by atoms with Gasteiger partial charge in [0.1, 0.15) is 11.8 Å². The van der Waals surface area contributed by atoms with Gasteiger partial charge in [0.15, 0.2) is 5.57 Å². The maximum Gasteiger partial charge on any atom is 0.416 e. The molecule has 1 unspecified atom stereocenters. The number of hydrogen-bond donors (Lipinski definition) is 2. The van der Waals surface area contributed by atoms with E-state index in [1.54, 1.807) is 0 Å². The fourth-order valence-electron chi connectivity index (χ4n) is 1.47. The van der Waals surface area contributed by atoms with Crippen molar-refractivity contribution in [2.75, 3.05) is 0 Å². The van der Waals surface area contributed by atoms with Gasteiger partial charge in [-0.05, 0) is 13.3 Å². The Morgan fingerprint density at radius 2 is 2.21 bits per heavy atom. The first-order chi connectivity index (χ1) is 8.75. The third-order valence-electron chi connectivity index (χ3n) is 2.44. The number of alkyl halides is 3. The van der Waals surface area contributed by atoms with Gasteiger partial charge in [-0.3, -0.25) is 4.79 Å². The molecule has 1 amide bonds. The van der Waals surface area contributed by atoms with Gasteiger partial charge in [0.25, 0.3) is 5.91 Å². The third kappa shape index (κ3) is 3.88. The van der Waals surface area contributed by atoms with E-state index >= 15 is 0 Å². The molecule has 0 aromatic heterocycles. The number of aliphatic hydroxyl groups excluding tert-OH is 1. The lowest BCUT2D eigenvalue weighted by Crippen LogP contribution is -2.35. The lowest BCUT2D eigenvalue weighted by molar-refractivity contribution is -0.117. The molecule has 0 radical (unpaired) electrons. The average molecular weight is 272 g/mol. The molecule has 19 heavy (non-hydrogen) atoms. The summed E-state index contributed by atoms with van der Waals surface area (Å²) in [4.78, 5) is 11.5. The van der Waals surface area contributed by atoms with Crippen molar-refractivity contribution in [3.05, 3.63) is 35.1 Å². The first kappa shape index (κ1) is 14.8. The second kappa shape index (κ2) is 5.61. The molecule has 4 nitrogen and oxygen atoms in total. The molecule has 1 atom stereocenters. The van der Waals surface area contributed by atoms with Crippen molar-refractivity contribution in [2.24, 2.45) is 0 Å². The Morgan fingerprint density at radius 1 is 1.58 bits per heavy atom. The van der Waals surface area contributed by atoms with Crippen molar-refractivity contribution in [3.8, 4) is 6.07 Å². The van der Waals surface area contributed by atoms with E-state index in [1.165, 1.54) is 19.1 Å². The normalized spacial score (nSPS) is 20.2. The second-order valence-corrected chi connectivity index (χ2v) is 3.90. The van der Waals surface area contributed by atoms with Crippen LogP contribution in [0.25, 0.3) is 0 Å². The van der Waals surface area contributed by atoms with Crippen molar-refractivity contribution in [1.29, 1.82) is 5.26 Å². The molecule has 0 aromatic carbocycles. The van der Waals surface area contributed by atoms with Crippen molar-refractivity contribution >= 4 is 5.91 Å². The summed E-state index contributed by atoms with van der Waals surface area (Å²) in [5.74, 6) is -1.26.